The highest BCUT2D eigenvalue weighted by Crippen LogP contribution is 2.36. The number of carbonyl (C=O) groups is 1. The Balaban J connectivity index is 2.11. The molecule has 1 saturated carbocycles. The maximum Gasteiger partial charge on any atom is 0.311 e. The Morgan fingerprint density at radius 1 is 1.47 bits per heavy atom. The van der Waals surface area contributed by atoms with E-state index in [4.69, 9.17) is 5.26 Å². The zero-order chi connectivity index (χ0) is 13.7. The summed E-state index contributed by atoms with van der Waals surface area (Å²) < 4.78 is 0. The van der Waals surface area contributed by atoms with Crippen molar-refractivity contribution in [3.63, 3.8) is 0 Å². The first-order valence-electron chi connectivity index (χ1n) is 6.49. The van der Waals surface area contributed by atoms with Crippen LogP contribution < -0.4 is 5.32 Å². The molecule has 19 heavy (non-hydrogen) atoms. The van der Waals surface area contributed by atoms with E-state index in [2.05, 4.69) is 16.4 Å². The van der Waals surface area contributed by atoms with Gasteiger partial charge in [0.25, 0.3) is 0 Å². The molecule has 0 radical (unpaired) electrons. The zero-order valence-electron chi connectivity index (χ0n) is 10.7. The second-order valence-electron chi connectivity index (χ2n) is 5.03. The average Bonchev–Trinajstić information content (AvgIpc) is 2.46. The molecule has 1 heterocycles. The van der Waals surface area contributed by atoms with Crippen LogP contribution in [-0.2, 0) is 4.79 Å². The van der Waals surface area contributed by atoms with Crippen molar-refractivity contribution in [3.8, 4) is 6.07 Å². The lowest BCUT2D eigenvalue weighted by molar-refractivity contribution is -0.150. The Labute approximate surface area is 112 Å². The quantitative estimate of drug-likeness (QED) is 0.867. The minimum Gasteiger partial charge on any atom is -0.481 e. The number of rotatable bonds is 4. The smallest absolute Gasteiger partial charge is 0.311 e. The van der Waals surface area contributed by atoms with Crippen molar-refractivity contribution in [2.45, 2.75) is 32.1 Å². The fraction of sp³-hybridized carbons (Fsp3) is 0.500. The van der Waals surface area contributed by atoms with Gasteiger partial charge in [-0.05, 0) is 18.9 Å². The van der Waals surface area contributed by atoms with Crippen LogP contribution in [0.25, 0.3) is 0 Å². The van der Waals surface area contributed by atoms with Gasteiger partial charge in [-0.15, -0.1) is 0 Å². The molecule has 1 aromatic heterocycles. The number of nitrogens with one attached hydrogen (secondary N) is 1. The predicted molar refractivity (Wildman–Crippen MR) is 70.6 cm³/mol. The summed E-state index contributed by atoms with van der Waals surface area (Å²) >= 11 is 0. The molecule has 5 heteroatoms. The van der Waals surface area contributed by atoms with Crippen molar-refractivity contribution < 1.29 is 9.90 Å². The first kappa shape index (κ1) is 13.3. The number of anilines is 1. The van der Waals surface area contributed by atoms with Crippen molar-refractivity contribution in [2.24, 2.45) is 5.41 Å². The molecule has 1 aliphatic carbocycles. The fourth-order valence-corrected chi connectivity index (χ4v) is 2.59. The first-order valence-corrected chi connectivity index (χ1v) is 6.49. The molecule has 2 rings (SSSR count). The standard InChI is InChI=1S/C14H17N3O2/c15-8-11-4-7-16-9-12(11)17-10-14(13(18)19)5-2-1-3-6-14/h4,7,9,17H,1-3,5-6,10H2,(H,18,19). The van der Waals surface area contributed by atoms with Crippen LogP contribution in [0.4, 0.5) is 5.69 Å². The lowest BCUT2D eigenvalue weighted by Crippen LogP contribution is -2.39. The van der Waals surface area contributed by atoms with Crippen LogP contribution in [0.5, 0.6) is 0 Å². The molecule has 0 saturated heterocycles. The van der Waals surface area contributed by atoms with Gasteiger partial charge in [-0.2, -0.15) is 5.26 Å². The number of hydrogen-bond donors (Lipinski definition) is 2. The maximum absolute atomic E-state index is 11.5. The molecule has 100 valence electrons. The van der Waals surface area contributed by atoms with E-state index in [-0.39, 0.29) is 0 Å². The molecule has 0 amide bonds. The van der Waals surface area contributed by atoms with Crippen LogP contribution in [0.15, 0.2) is 18.5 Å². The highest BCUT2D eigenvalue weighted by atomic mass is 16.4. The number of pyridine rings is 1. The van der Waals surface area contributed by atoms with Crippen molar-refractivity contribution in [3.05, 3.63) is 24.0 Å². The Hall–Kier alpha value is -2.09. The number of nitrogens with zero attached hydrogens (tertiary/aromatic N) is 2. The van der Waals surface area contributed by atoms with Gasteiger partial charge in [0.2, 0.25) is 0 Å². The minimum absolute atomic E-state index is 0.350. The molecular weight excluding hydrogens is 242 g/mol. The predicted octanol–water partition coefficient (Wildman–Crippen LogP) is 2.40. The molecule has 1 aromatic rings. The molecule has 0 aliphatic heterocycles. The molecule has 5 nitrogen and oxygen atoms in total. The fourth-order valence-electron chi connectivity index (χ4n) is 2.59. The van der Waals surface area contributed by atoms with E-state index in [0.717, 1.165) is 19.3 Å². The molecule has 0 atom stereocenters. The maximum atomic E-state index is 11.5. The molecular formula is C14H17N3O2. The zero-order valence-corrected chi connectivity index (χ0v) is 10.7. The largest absolute Gasteiger partial charge is 0.481 e. The van der Waals surface area contributed by atoms with Gasteiger partial charge in [0.15, 0.2) is 0 Å². The summed E-state index contributed by atoms with van der Waals surface area (Å²) in [7, 11) is 0. The lowest BCUT2D eigenvalue weighted by Gasteiger charge is -2.33. The van der Waals surface area contributed by atoms with Gasteiger partial charge in [-0.25, -0.2) is 0 Å². The topological polar surface area (TPSA) is 86.0 Å². The molecule has 0 unspecified atom stereocenters. The summed E-state index contributed by atoms with van der Waals surface area (Å²) in [5.74, 6) is -0.748. The summed E-state index contributed by atoms with van der Waals surface area (Å²) in [6.07, 6.45) is 7.51. The first-order chi connectivity index (χ1) is 9.18. The van der Waals surface area contributed by atoms with E-state index in [1.807, 2.05) is 0 Å². The third kappa shape index (κ3) is 2.84. The summed E-state index contributed by atoms with van der Waals surface area (Å²) in [4.78, 5) is 15.5. The van der Waals surface area contributed by atoms with Crippen molar-refractivity contribution in [1.82, 2.24) is 4.98 Å². The lowest BCUT2D eigenvalue weighted by atomic mass is 9.74. The van der Waals surface area contributed by atoms with Crippen LogP contribution in [0.1, 0.15) is 37.7 Å². The van der Waals surface area contributed by atoms with Gasteiger partial charge >= 0.3 is 5.97 Å². The number of aliphatic carboxylic acids is 1. The highest BCUT2D eigenvalue weighted by Gasteiger charge is 2.39. The second kappa shape index (κ2) is 5.70. The minimum atomic E-state index is -0.748. The van der Waals surface area contributed by atoms with Crippen molar-refractivity contribution in [1.29, 1.82) is 5.26 Å². The number of carboxylic acid groups (broad SMARTS) is 1. The van der Waals surface area contributed by atoms with E-state index in [1.165, 1.54) is 0 Å². The molecule has 2 N–H and O–H groups in total. The third-order valence-corrected chi connectivity index (χ3v) is 3.82. The number of hydrogen-bond acceptors (Lipinski definition) is 4. The summed E-state index contributed by atoms with van der Waals surface area (Å²) in [6.45, 7) is 0.350. The van der Waals surface area contributed by atoms with Gasteiger partial charge in [-0.1, -0.05) is 19.3 Å². The normalized spacial score (nSPS) is 17.4. The second-order valence-corrected chi connectivity index (χ2v) is 5.03. The highest BCUT2D eigenvalue weighted by molar-refractivity contribution is 5.76. The molecule has 1 aliphatic rings. The van der Waals surface area contributed by atoms with E-state index < -0.39 is 11.4 Å². The molecule has 1 fully saturated rings. The van der Waals surface area contributed by atoms with Gasteiger partial charge < -0.3 is 10.4 Å². The van der Waals surface area contributed by atoms with Crippen LogP contribution in [0, 0.1) is 16.7 Å². The van der Waals surface area contributed by atoms with E-state index in [0.29, 0.717) is 30.6 Å². The van der Waals surface area contributed by atoms with Gasteiger partial charge in [0, 0.05) is 12.7 Å². The van der Waals surface area contributed by atoms with E-state index >= 15 is 0 Å². The van der Waals surface area contributed by atoms with Crippen LogP contribution >= 0.6 is 0 Å². The van der Waals surface area contributed by atoms with E-state index in [1.54, 1.807) is 18.5 Å². The number of aromatic nitrogens is 1. The van der Waals surface area contributed by atoms with Crippen LogP contribution in [-0.4, -0.2) is 22.6 Å². The van der Waals surface area contributed by atoms with Gasteiger partial charge in [0.05, 0.1) is 22.9 Å². The van der Waals surface area contributed by atoms with Crippen molar-refractivity contribution >= 4 is 11.7 Å². The average molecular weight is 259 g/mol. The van der Waals surface area contributed by atoms with E-state index in [9.17, 15) is 9.90 Å². The summed E-state index contributed by atoms with van der Waals surface area (Å²) in [5, 5.41) is 21.6. The van der Waals surface area contributed by atoms with Gasteiger partial charge in [-0.3, -0.25) is 9.78 Å². The number of nitriles is 1. The van der Waals surface area contributed by atoms with Crippen LogP contribution in [0.2, 0.25) is 0 Å². The molecule has 0 spiro atoms. The van der Waals surface area contributed by atoms with Crippen LogP contribution in [0.3, 0.4) is 0 Å². The monoisotopic (exact) mass is 259 g/mol. The Bertz CT molecular complexity index is 502. The third-order valence-electron chi connectivity index (χ3n) is 3.82. The summed E-state index contributed by atoms with van der Waals surface area (Å²) in [5.41, 5.74) is 0.392. The van der Waals surface area contributed by atoms with Gasteiger partial charge in [0.1, 0.15) is 6.07 Å². The Kier molecular flexibility index (Phi) is 4.00. The SMILES string of the molecule is N#Cc1ccncc1NCC1(C(=O)O)CCCCC1. The Morgan fingerprint density at radius 2 is 2.21 bits per heavy atom. The molecule has 0 aromatic carbocycles. The number of carboxylic acids is 1. The Morgan fingerprint density at radius 3 is 2.84 bits per heavy atom. The van der Waals surface area contributed by atoms with Crippen molar-refractivity contribution in [2.75, 3.05) is 11.9 Å². The summed E-state index contributed by atoms with van der Waals surface area (Å²) in [6, 6.07) is 3.70. The molecule has 0 bridgehead atoms.